The number of aromatic hydroxyl groups is 1. The smallest absolute Gasteiger partial charge is 0.322 e. The van der Waals surface area contributed by atoms with E-state index in [-0.39, 0.29) is 23.5 Å². The van der Waals surface area contributed by atoms with Crippen molar-refractivity contribution >= 4 is 11.6 Å². The van der Waals surface area contributed by atoms with Gasteiger partial charge < -0.3 is 24.4 Å². The second-order valence-corrected chi connectivity index (χ2v) is 7.74. The van der Waals surface area contributed by atoms with Crippen LogP contribution in [-0.4, -0.2) is 53.5 Å². The molecule has 1 aromatic heterocycles. The number of aromatic nitrogens is 2. The van der Waals surface area contributed by atoms with Crippen molar-refractivity contribution in [2.45, 2.75) is 19.4 Å². The molecule has 2 amide bonds. The number of benzene rings is 2. The lowest BCUT2D eigenvalue weighted by Gasteiger charge is -2.35. The molecule has 1 aliphatic heterocycles. The Hall–Kier alpha value is -3.92. The Labute approximate surface area is 195 Å². The van der Waals surface area contributed by atoms with Crippen LogP contribution in [0.15, 0.2) is 52.7 Å². The van der Waals surface area contributed by atoms with E-state index in [0.717, 1.165) is 0 Å². The number of rotatable bonds is 8. The van der Waals surface area contributed by atoms with Crippen LogP contribution in [-0.2, 0) is 4.74 Å². The van der Waals surface area contributed by atoms with Crippen LogP contribution in [0, 0.1) is 5.82 Å². The number of carbonyl (C=O) groups excluding carboxylic acids is 1. The molecule has 10 heteroatoms. The number of halogens is 1. The number of nitrogens with zero attached hydrogens (tertiary/aromatic N) is 3. The first-order valence-electron chi connectivity index (χ1n) is 10.7. The first-order valence-corrected chi connectivity index (χ1v) is 10.7. The van der Waals surface area contributed by atoms with E-state index in [0.29, 0.717) is 47.7 Å². The summed E-state index contributed by atoms with van der Waals surface area (Å²) in [5, 5.41) is 17.3. The molecule has 0 bridgehead atoms. The van der Waals surface area contributed by atoms with Crippen molar-refractivity contribution in [1.29, 1.82) is 0 Å². The van der Waals surface area contributed by atoms with Crippen LogP contribution in [0.4, 0.5) is 9.18 Å². The fourth-order valence-corrected chi connectivity index (χ4v) is 3.91. The van der Waals surface area contributed by atoms with Crippen LogP contribution < -0.4 is 10.1 Å². The van der Waals surface area contributed by atoms with Gasteiger partial charge in [0.05, 0.1) is 18.7 Å². The number of methoxy groups -OCH3 is 2. The van der Waals surface area contributed by atoms with E-state index in [2.05, 4.69) is 15.5 Å². The lowest BCUT2D eigenvalue weighted by atomic mass is 9.94. The highest BCUT2D eigenvalue weighted by Gasteiger charge is 2.36. The number of carbonyl (C=O) groups is 1. The highest BCUT2D eigenvalue weighted by atomic mass is 19.1. The maximum Gasteiger partial charge on any atom is 0.322 e. The summed E-state index contributed by atoms with van der Waals surface area (Å²) >= 11 is 0. The third-order valence-electron chi connectivity index (χ3n) is 5.60. The Bertz CT molecular complexity index is 1230. The molecule has 2 heterocycles. The van der Waals surface area contributed by atoms with E-state index in [4.69, 9.17) is 14.0 Å². The first-order chi connectivity index (χ1) is 16.4. The van der Waals surface area contributed by atoms with Crippen LogP contribution in [0.25, 0.3) is 17.0 Å². The molecule has 0 aliphatic carbocycles. The largest absolute Gasteiger partial charge is 0.504 e. The molecule has 0 radical (unpaired) electrons. The zero-order valence-corrected chi connectivity index (χ0v) is 19.0. The van der Waals surface area contributed by atoms with Crippen LogP contribution in [0.3, 0.4) is 0 Å². The van der Waals surface area contributed by atoms with Gasteiger partial charge in [-0.1, -0.05) is 23.4 Å². The molecular weight excluding hydrogens is 443 g/mol. The Morgan fingerprint density at radius 2 is 2.06 bits per heavy atom. The SMILES string of the molecule is COCCCN1C(=O)NC(c2ccc(OC)c(O)c2)C(c2nc(-c3cccc(F)c3)no2)=C1C. The van der Waals surface area contributed by atoms with Crippen molar-refractivity contribution in [3.8, 4) is 22.9 Å². The van der Waals surface area contributed by atoms with Crippen molar-refractivity contribution in [2.75, 3.05) is 27.4 Å². The van der Waals surface area contributed by atoms with E-state index in [1.807, 2.05) is 0 Å². The highest BCUT2D eigenvalue weighted by molar-refractivity contribution is 5.87. The number of phenolic OH excluding ortho intramolecular Hbond substituents is 1. The summed E-state index contributed by atoms with van der Waals surface area (Å²) in [6.07, 6.45) is 0.626. The molecule has 2 N–H and O–H groups in total. The molecule has 0 fully saturated rings. The van der Waals surface area contributed by atoms with Gasteiger partial charge in [0, 0.05) is 31.5 Å². The molecule has 1 unspecified atom stereocenters. The molecule has 1 atom stereocenters. The number of urea groups is 1. The van der Waals surface area contributed by atoms with Gasteiger partial charge >= 0.3 is 6.03 Å². The van der Waals surface area contributed by atoms with Crippen molar-refractivity contribution in [3.05, 3.63) is 65.4 Å². The monoisotopic (exact) mass is 468 g/mol. The van der Waals surface area contributed by atoms with E-state index in [1.165, 1.54) is 25.3 Å². The van der Waals surface area contributed by atoms with Crippen molar-refractivity contribution in [1.82, 2.24) is 20.4 Å². The molecule has 0 saturated heterocycles. The minimum atomic E-state index is -0.677. The fraction of sp³-hybridized carbons (Fsp3) is 0.292. The predicted octanol–water partition coefficient (Wildman–Crippen LogP) is 4.12. The normalized spacial score (nSPS) is 16.1. The number of amides is 2. The fourth-order valence-electron chi connectivity index (χ4n) is 3.91. The van der Waals surface area contributed by atoms with Crippen molar-refractivity contribution < 1.29 is 28.3 Å². The minimum Gasteiger partial charge on any atom is -0.504 e. The summed E-state index contributed by atoms with van der Waals surface area (Å²) in [5.74, 6) is 0.211. The Morgan fingerprint density at radius 1 is 1.24 bits per heavy atom. The summed E-state index contributed by atoms with van der Waals surface area (Å²) in [5.41, 5.74) is 2.25. The lowest BCUT2D eigenvalue weighted by molar-refractivity contribution is 0.174. The lowest BCUT2D eigenvalue weighted by Crippen LogP contribution is -2.46. The summed E-state index contributed by atoms with van der Waals surface area (Å²) in [6, 6.07) is 9.77. The number of phenols is 1. The van der Waals surface area contributed by atoms with Gasteiger partial charge in [0.2, 0.25) is 5.82 Å². The Morgan fingerprint density at radius 3 is 2.76 bits per heavy atom. The van der Waals surface area contributed by atoms with Gasteiger partial charge in [0.25, 0.3) is 5.89 Å². The van der Waals surface area contributed by atoms with Crippen LogP contribution >= 0.6 is 0 Å². The average Bonchev–Trinajstić information content (AvgIpc) is 3.30. The van der Waals surface area contributed by atoms with Gasteiger partial charge in [-0.25, -0.2) is 9.18 Å². The standard InChI is InChI=1S/C24H25FN4O5/c1-14-20(23-27-22(28-34-23)16-6-4-7-17(25)12-16)21(15-8-9-19(33-3)18(30)13-15)26-24(31)29(14)10-5-11-32-2/h4,6-9,12-13,21,30H,5,10-11H2,1-3H3,(H,26,31). The molecule has 0 saturated carbocycles. The van der Waals surface area contributed by atoms with Gasteiger partial charge in [-0.3, -0.25) is 4.90 Å². The first kappa shape index (κ1) is 23.2. The second-order valence-electron chi connectivity index (χ2n) is 7.74. The predicted molar refractivity (Wildman–Crippen MR) is 121 cm³/mol. The van der Waals surface area contributed by atoms with E-state index < -0.39 is 11.9 Å². The summed E-state index contributed by atoms with van der Waals surface area (Å²) in [7, 11) is 3.06. The molecule has 34 heavy (non-hydrogen) atoms. The number of ether oxygens (including phenoxy) is 2. The van der Waals surface area contributed by atoms with Gasteiger partial charge in [0.1, 0.15) is 5.82 Å². The van der Waals surface area contributed by atoms with E-state index >= 15 is 0 Å². The quantitative estimate of drug-likeness (QED) is 0.479. The van der Waals surface area contributed by atoms with Crippen LogP contribution in [0.5, 0.6) is 11.5 Å². The number of hydrogen-bond donors (Lipinski definition) is 2. The van der Waals surface area contributed by atoms with Crippen LogP contribution in [0.1, 0.15) is 30.8 Å². The third-order valence-corrected chi connectivity index (χ3v) is 5.60. The average molecular weight is 468 g/mol. The topological polar surface area (TPSA) is 110 Å². The molecule has 2 aromatic carbocycles. The van der Waals surface area contributed by atoms with E-state index in [9.17, 15) is 14.3 Å². The zero-order valence-electron chi connectivity index (χ0n) is 19.0. The van der Waals surface area contributed by atoms with Gasteiger partial charge in [-0.15, -0.1) is 0 Å². The Kier molecular flexibility index (Phi) is 6.78. The van der Waals surface area contributed by atoms with E-state index in [1.54, 1.807) is 43.2 Å². The van der Waals surface area contributed by atoms with Crippen molar-refractivity contribution in [3.63, 3.8) is 0 Å². The maximum atomic E-state index is 13.7. The van der Waals surface area contributed by atoms with Crippen LogP contribution in [0.2, 0.25) is 0 Å². The summed E-state index contributed by atoms with van der Waals surface area (Å²) in [4.78, 5) is 19.1. The molecule has 178 valence electrons. The zero-order chi connectivity index (χ0) is 24.2. The number of nitrogens with one attached hydrogen (secondary N) is 1. The molecule has 4 rings (SSSR count). The minimum absolute atomic E-state index is 0.0697. The molecule has 3 aromatic rings. The second kappa shape index (κ2) is 9.92. The maximum absolute atomic E-state index is 13.7. The summed E-state index contributed by atoms with van der Waals surface area (Å²) in [6.45, 7) is 2.70. The van der Waals surface area contributed by atoms with Gasteiger partial charge in [0.15, 0.2) is 11.5 Å². The Balaban J connectivity index is 1.79. The number of allylic oxidation sites excluding steroid dienone is 1. The molecule has 0 spiro atoms. The third kappa shape index (κ3) is 4.58. The van der Waals surface area contributed by atoms with Crippen molar-refractivity contribution in [2.24, 2.45) is 0 Å². The highest BCUT2D eigenvalue weighted by Crippen LogP contribution is 2.39. The van der Waals surface area contributed by atoms with Gasteiger partial charge in [-0.05, 0) is 43.2 Å². The summed E-state index contributed by atoms with van der Waals surface area (Å²) < 4.78 is 29.5. The molecule has 9 nitrogen and oxygen atoms in total. The molecular formula is C24H25FN4O5. The van der Waals surface area contributed by atoms with Gasteiger partial charge in [-0.2, -0.15) is 4.98 Å². The number of hydrogen-bond acceptors (Lipinski definition) is 7. The molecule has 1 aliphatic rings.